The summed E-state index contributed by atoms with van der Waals surface area (Å²) in [4.78, 5) is 27.0. The first-order valence-corrected chi connectivity index (χ1v) is 10.1. The standard InChI is InChI=1S/C19H25N9O/c1-26-13-23-16-17(26)21-12-22-18(16)28-6-2-3-14(11-28)24-15-4-5-20-19(25-15)27-7-9-29-10-8-27/h4-5,12-14H,2-3,6-11H2,1H3,(H,20,24,25). The van der Waals surface area contributed by atoms with Crippen molar-refractivity contribution in [3.05, 3.63) is 24.9 Å². The van der Waals surface area contributed by atoms with Crippen molar-refractivity contribution < 1.29 is 4.74 Å². The van der Waals surface area contributed by atoms with E-state index in [0.717, 1.165) is 81.0 Å². The Kier molecular flexibility index (Phi) is 4.84. The van der Waals surface area contributed by atoms with Crippen LogP contribution in [0.15, 0.2) is 24.9 Å². The van der Waals surface area contributed by atoms with Gasteiger partial charge in [0.05, 0.1) is 19.5 Å². The topological polar surface area (TPSA) is 97.1 Å². The molecule has 2 saturated heterocycles. The Labute approximate surface area is 169 Å². The number of imidazole rings is 1. The van der Waals surface area contributed by atoms with Crippen LogP contribution in [0.3, 0.4) is 0 Å². The molecule has 0 saturated carbocycles. The predicted octanol–water partition coefficient (Wildman–Crippen LogP) is 1.07. The Morgan fingerprint density at radius 2 is 1.97 bits per heavy atom. The van der Waals surface area contributed by atoms with Crippen LogP contribution >= 0.6 is 0 Å². The van der Waals surface area contributed by atoms with E-state index >= 15 is 0 Å². The maximum atomic E-state index is 5.42. The molecule has 29 heavy (non-hydrogen) atoms. The Balaban J connectivity index is 1.31. The lowest BCUT2D eigenvalue weighted by Gasteiger charge is -2.34. The van der Waals surface area contributed by atoms with E-state index < -0.39 is 0 Å². The van der Waals surface area contributed by atoms with Crippen LogP contribution in [0.1, 0.15) is 12.8 Å². The quantitative estimate of drug-likeness (QED) is 0.696. The third-order valence-electron chi connectivity index (χ3n) is 5.49. The Morgan fingerprint density at radius 3 is 2.86 bits per heavy atom. The molecule has 3 aromatic heterocycles. The number of aryl methyl sites for hydroxylation is 1. The van der Waals surface area contributed by atoms with Crippen LogP contribution in [-0.2, 0) is 11.8 Å². The normalized spacial score (nSPS) is 20.2. The van der Waals surface area contributed by atoms with E-state index in [2.05, 4.69) is 35.1 Å². The third kappa shape index (κ3) is 3.67. The Morgan fingerprint density at radius 1 is 1.07 bits per heavy atom. The summed E-state index contributed by atoms with van der Waals surface area (Å²) in [6.45, 7) is 4.91. The fraction of sp³-hybridized carbons (Fsp3) is 0.526. The van der Waals surface area contributed by atoms with Crippen molar-refractivity contribution in [3.8, 4) is 0 Å². The zero-order chi connectivity index (χ0) is 19.6. The highest BCUT2D eigenvalue weighted by molar-refractivity contribution is 5.83. The van der Waals surface area contributed by atoms with E-state index in [1.807, 2.05) is 23.9 Å². The van der Waals surface area contributed by atoms with Crippen molar-refractivity contribution in [3.63, 3.8) is 0 Å². The van der Waals surface area contributed by atoms with Crippen LogP contribution in [-0.4, -0.2) is 74.9 Å². The minimum Gasteiger partial charge on any atom is -0.378 e. The number of rotatable bonds is 4. The molecule has 5 heterocycles. The fourth-order valence-electron chi connectivity index (χ4n) is 4.01. The molecule has 10 nitrogen and oxygen atoms in total. The first kappa shape index (κ1) is 18.0. The number of fused-ring (bicyclic) bond motifs is 1. The number of nitrogens with zero attached hydrogens (tertiary/aromatic N) is 8. The first-order chi connectivity index (χ1) is 14.3. The molecule has 0 aromatic carbocycles. The minimum absolute atomic E-state index is 0.282. The highest BCUT2D eigenvalue weighted by Crippen LogP contribution is 2.25. The molecule has 3 aromatic rings. The number of nitrogens with one attached hydrogen (secondary N) is 1. The second-order valence-electron chi connectivity index (χ2n) is 7.50. The minimum atomic E-state index is 0.282. The lowest BCUT2D eigenvalue weighted by molar-refractivity contribution is 0.122. The second-order valence-corrected chi connectivity index (χ2v) is 7.50. The monoisotopic (exact) mass is 395 g/mol. The van der Waals surface area contributed by atoms with Gasteiger partial charge in [-0.15, -0.1) is 0 Å². The molecule has 152 valence electrons. The summed E-state index contributed by atoms with van der Waals surface area (Å²) in [5.41, 5.74) is 1.71. The smallest absolute Gasteiger partial charge is 0.227 e. The molecule has 2 fully saturated rings. The maximum Gasteiger partial charge on any atom is 0.227 e. The predicted molar refractivity (Wildman–Crippen MR) is 110 cm³/mol. The van der Waals surface area contributed by atoms with Crippen molar-refractivity contribution in [2.75, 3.05) is 54.5 Å². The van der Waals surface area contributed by atoms with Crippen molar-refractivity contribution >= 4 is 28.7 Å². The zero-order valence-electron chi connectivity index (χ0n) is 16.5. The lowest BCUT2D eigenvalue weighted by atomic mass is 10.1. The molecule has 2 aliphatic heterocycles. The largest absolute Gasteiger partial charge is 0.378 e. The molecule has 0 amide bonds. The van der Waals surface area contributed by atoms with Gasteiger partial charge in [-0.05, 0) is 18.9 Å². The average molecular weight is 395 g/mol. The molecule has 0 radical (unpaired) electrons. The van der Waals surface area contributed by atoms with E-state index in [-0.39, 0.29) is 6.04 Å². The summed E-state index contributed by atoms with van der Waals surface area (Å²) >= 11 is 0. The van der Waals surface area contributed by atoms with Crippen molar-refractivity contribution in [2.45, 2.75) is 18.9 Å². The number of hydrogen-bond acceptors (Lipinski definition) is 9. The number of hydrogen-bond donors (Lipinski definition) is 1. The van der Waals surface area contributed by atoms with Gasteiger partial charge in [0.1, 0.15) is 12.1 Å². The van der Waals surface area contributed by atoms with Gasteiger partial charge in [0.25, 0.3) is 0 Å². The summed E-state index contributed by atoms with van der Waals surface area (Å²) in [7, 11) is 1.95. The Bertz CT molecular complexity index is 985. The molecule has 1 unspecified atom stereocenters. The highest BCUT2D eigenvalue weighted by atomic mass is 16.5. The molecule has 1 atom stereocenters. The van der Waals surface area contributed by atoms with E-state index in [4.69, 9.17) is 9.72 Å². The van der Waals surface area contributed by atoms with Gasteiger partial charge >= 0.3 is 0 Å². The van der Waals surface area contributed by atoms with Gasteiger partial charge in [-0.3, -0.25) is 0 Å². The van der Waals surface area contributed by atoms with Crippen LogP contribution in [0.5, 0.6) is 0 Å². The molecular formula is C19H25N9O. The van der Waals surface area contributed by atoms with Crippen molar-refractivity contribution in [1.29, 1.82) is 0 Å². The molecule has 5 rings (SSSR count). The van der Waals surface area contributed by atoms with Gasteiger partial charge in [0.2, 0.25) is 5.95 Å². The molecule has 1 N–H and O–H groups in total. The zero-order valence-corrected chi connectivity index (χ0v) is 16.5. The summed E-state index contributed by atoms with van der Waals surface area (Å²) in [6, 6.07) is 2.22. The molecule has 2 aliphatic rings. The van der Waals surface area contributed by atoms with E-state index in [1.165, 1.54) is 0 Å². The van der Waals surface area contributed by atoms with Gasteiger partial charge in [0.15, 0.2) is 17.0 Å². The Hall–Kier alpha value is -3.01. The number of piperidine rings is 1. The number of aromatic nitrogens is 6. The third-order valence-corrected chi connectivity index (χ3v) is 5.49. The molecule has 10 heteroatoms. The second kappa shape index (κ2) is 7.78. The summed E-state index contributed by atoms with van der Waals surface area (Å²) in [5, 5.41) is 3.59. The fourth-order valence-corrected chi connectivity index (χ4v) is 4.01. The number of anilines is 3. The van der Waals surface area contributed by atoms with Gasteiger partial charge in [0, 0.05) is 45.5 Å². The van der Waals surface area contributed by atoms with Crippen LogP contribution in [0.4, 0.5) is 17.6 Å². The van der Waals surface area contributed by atoms with Crippen LogP contribution in [0, 0.1) is 0 Å². The van der Waals surface area contributed by atoms with Crippen LogP contribution in [0.2, 0.25) is 0 Å². The van der Waals surface area contributed by atoms with Gasteiger partial charge in [-0.2, -0.15) is 4.98 Å². The van der Waals surface area contributed by atoms with Gasteiger partial charge in [-0.25, -0.2) is 19.9 Å². The highest BCUT2D eigenvalue weighted by Gasteiger charge is 2.24. The van der Waals surface area contributed by atoms with Crippen LogP contribution in [0.25, 0.3) is 11.2 Å². The first-order valence-electron chi connectivity index (χ1n) is 10.1. The van der Waals surface area contributed by atoms with Crippen molar-refractivity contribution in [1.82, 2.24) is 29.5 Å². The lowest BCUT2D eigenvalue weighted by Crippen LogP contribution is -2.43. The van der Waals surface area contributed by atoms with Crippen molar-refractivity contribution in [2.24, 2.45) is 7.05 Å². The number of morpholine rings is 1. The van der Waals surface area contributed by atoms with Gasteiger partial charge in [-0.1, -0.05) is 0 Å². The van der Waals surface area contributed by atoms with Gasteiger partial charge < -0.3 is 24.4 Å². The molecule has 0 bridgehead atoms. The number of ether oxygens (including phenoxy) is 1. The van der Waals surface area contributed by atoms with E-state index in [0.29, 0.717) is 0 Å². The molecular weight excluding hydrogens is 370 g/mol. The van der Waals surface area contributed by atoms with Crippen LogP contribution < -0.4 is 15.1 Å². The molecule has 0 aliphatic carbocycles. The summed E-state index contributed by atoms with van der Waals surface area (Å²) in [5.74, 6) is 2.52. The SMILES string of the molecule is Cn1cnc2c(N3CCCC(Nc4ccnc(N5CCOCC5)n4)C3)ncnc21. The molecule has 0 spiro atoms. The maximum absolute atomic E-state index is 5.42. The summed E-state index contributed by atoms with van der Waals surface area (Å²) in [6.07, 6.45) is 7.40. The average Bonchev–Trinajstić information content (AvgIpc) is 3.16. The van der Waals surface area contributed by atoms with E-state index in [1.54, 1.807) is 12.7 Å². The summed E-state index contributed by atoms with van der Waals surface area (Å²) < 4.78 is 7.35. The van der Waals surface area contributed by atoms with E-state index in [9.17, 15) is 0 Å².